The van der Waals surface area contributed by atoms with Gasteiger partial charge in [-0.2, -0.15) is 0 Å². The Kier molecular flexibility index (Phi) is 4.73. The molecule has 0 atom stereocenters. The largest absolute Gasteiger partial charge is 0.384 e. The molecule has 0 aromatic carbocycles. The number of pyridine rings is 1. The fourth-order valence-corrected chi connectivity index (χ4v) is 2.13. The number of hydrogen-bond donors (Lipinski definition) is 1. The number of aryl methyl sites for hydroxylation is 1. The molecule has 5 heteroatoms. The van der Waals surface area contributed by atoms with Crippen molar-refractivity contribution in [2.24, 2.45) is 0 Å². The summed E-state index contributed by atoms with van der Waals surface area (Å²) < 4.78 is 0. The lowest BCUT2D eigenvalue weighted by Crippen LogP contribution is -2.24. The number of nitrogens with zero attached hydrogens (tertiary/aromatic N) is 4. The van der Waals surface area contributed by atoms with E-state index >= 15 is 0 Å². The monoisotopic (exact) mass is 285 g/mol. The second kappa shape index (κ2) is 6.52. The third-order valence-electron chi connectivity index (χ3n) is 3.27. The maximum Gasteiger partial charge on any atom is 0.135 e. The van der Waals surface area contributed by atoms with Crippen LogP contribution in [0.5, 0.6) is 0 Å². The van der Waals surface area contributed by atoms with E-state index in [0.717, 1.165) is 29.6 Å². The summed E-state index contributed by atoms with van der Waals surface area (Å²) in [7, 11) is 0. The van der Waals surface area contributed by atoms with Crippen LogP contribution in [0.4, 0.5) is 11.6 Å². The first kappa shape index (κ1) is 15.2. The van der Waals surface area contributed by atoms with E-state index in [2.05, 4.69) is 40.6 Å². The summed E-state index contributed by atoms with van der Waals surface area (Å²) in [4.78, 5) is 15.6. The van der Waals surface area contributed by atoms with Crippen molar-refractivity contribution in [3.63, 3.8) is 0 Å². The molecule has 2 aromatic rings. The maximum absolute atomic E-state index is 5.91. The molecule has 0 saturated carbocycles. The normalized spacial score (nSPS) is 10.9. The summed E-state index contributed by atoms with van der Waals surface area (Å²) in [6.07, 6.45) is 0. The van der Waals surface area contributed by atoms with Crippen molar-refractivity contribution in [2.75, 3.05) is 17.2 Å². The number of aromatic nitrogens is 3. The van der Waals surface area contributed by atoms with E-state index in [9.17, 15) is 0 Å². The van der Waals surface area contributed by atoms with Crippen LogP contribution < -0.4 is 10.6 Å². The van der Waals surface area contributed by atoms with Crippen LogP contribution in [0, 0.1) is 6.92 Å². The van der Waals surface area contributed by atoms with E-state index in [1.807, 2.05) is 31.2 Å². The standard InChI is InChI=1S/C16H23N5/c1-5-21(10-13-8-6-7-12(4)18-13)15-9-14(17)19-16(20-15)11(2)3/h6-9,11H,5,10H2,1-4H3,(H2,17,19,20). The lowest BCUT2D eigenvalue weighted by molar-refractivity contribution is 0.743. The highest BCUT2D eigenvalue weighted by Crippen LogP contribution is 2.19. The van der Waals surface area contributed by atoms with Crippen molar-refractivity contribution in [3.05, 3.63) is 41.5 Å². The van der Waals surface area contributed by atoms with E-state index in [0.29, 0.717) is 12.4 Å². The quantitative estimate of drug-likeness (QED) is 0.914. The van der Waals surface area contributed by atoms with Gasteiger partial charge >= 0.3 is 0 Å². The molecule has 0 saturated heterocycles. The molecular weight excluding hydrogens is 262 g/mol. The molecular formula is C16H23N5. The number of anilines is 2. The molecule has 0 radical (unpaired) electrons. The Morgan fingerprint density at radius 3 is 2.57 bits per heavy atom. The summed E-state index contributed by atoms with van der Waals surface area (Å²) in [5.41, 5.74) is 7.96. The SMILES string of the molecule is CCN(Cc1cccc(C)n1)c1cc(N)nc(C(C)C)n1. The molecule has 0 spiro atoms. The van der Waals surface area contributed by atoms with Gasteiger partial charge in [0.25, 0.3) is 0 Å². The molecule has 2 aromatic heterocycles. The van der Waals surface area contributed by atoms with Crippen LogP contribution in [0.3, 0.4) is 0 Å². The zero-order chi connectivity index (χ0) is 15.4. The highest BCUT2D eigenvalue weighted by Gasteiger charge is 2.12. The lowest BCUT2D eigenvalue weighted by Gasteiger charge is -2.22. The minimum absolute atomic E-state index is 0.253. The average molecular weight is 285 g/mol. The van der Waals surface area contributed by atoms with Gasteiger partial charge in [-0.15, -0.1) is 0 Å². The van der Waals surface area contributed by atoms with Crippen LogP contribution in [0.15, 0.2) is 24.3 Å². The molecule has 0 fully saturated rings. The smallest absolute Gasteiger partial charge is 0.135 e. The molecule has 112 valence electrons. The Balaban J connectivity index is 2.29. The van der Waals surface area contributed by atoms with Crippen LogP contribution in [0.2, 0.25) is 0 Å². The molecule has 2 heterocycles. The van der Waals surface area contributed by atoms with E-state index < -0.39 is 0 Å². The maximum atomic E-state index is 5.91. The fraction of sp³-hybridized carbons (Fsp3) is 0.438. The summed E-state index contributed by atoms with van der Waals surface area (Å²) in [5.74, 6) is 2.40. The summed E-state index contributed by atoms with van der Waals surface area (Å²) in [6, 6.07) is 7.88. The fourth-order valence-electron chi connectivity index (χ4n) is 2.13. The molecule has 2 rings (SSSR count). The summed E-state index contributed by atoms with van der Waals surface area (Å²) in [6.45, 7) is 9.78. The van der Waals surface area contributed by atoms with Gasteiger partial charge in [-0.3, -0.25) is 4.98 Å². The van der Waals surface area contributed by atoms with E-state index in [1.165, 1.54) is 0 Å². The lowest BCUT2D eigenvalue weighted by atomic mass is 10.2. The molecule has 0 unspecified atom stereocenters. The van der Waals surface area contributed by atoms with Crippen molar-refractivity contribution < 1.29 is 0 Å². The van der Waals surface area contributed by atoms with Crippen LogP contribution in [0.1, 0.15) is 43.9 Å². The molecule has 0 aliphatic rings. The molecule has 5 nitrogen and oxygen atoms in total. The van der Waals surface area contributed by atoms with E-state index in [1.54, 1.807) is 0 Å². The predicted octanol–water partition coefficient (Wildman–Crippen LogP) is 2.91. The zero-order valence-electron chi connectivity index (χ0n) is 13.2. The van der Waals surface area contributed by atoms with Gasteiger partial charge in [0, 0.05) is 24.2 Å². The first-order valence-corrected chi connectivity index (χ1v) is 7.31. The van der Waals surface area contributed by atoms with E-state index in [-0.39, 0.29) is 5.92 Å². The van der Waals surface area contributed by atoms with Crippen molar-refractivity contribution >= 4 is 11.6 Å². The van der Waals surface area contributed by atoms with Crippen molar-refractivity contribution in [1.29, 1.82) is 0 Å². The summed E-state index contributed by atoms with van der Waals surface area (Å²) in [5, 5.41) is 0. The first-order chi connectivity index (χ1) is 9.99. The third kappa shape index (κ3) is 3.90. The van der Waals surface area contributed by atoms with Gasteiger partial charge < -0.3 is 10.6 Å². The second-order valence-corrected chi connectivity index (χ2v) is 5.45. The van der Waals surface area contributed by atoms with Gasteiger partial charge in [-0.1, -0.05) is 19.9 Å². The Hall–Kier alpha value is -2.17. The first-order valence-electron chi connectivity index (χ1n) is 7.31. The highest BCUT2D eigenvalue weighted by atomic mass is 15.2. The number of nitrogen functional groups attached to an aromatic ring is 1. The second-order valence-electron chi connectivity index (χ2n) is 5.45. The van der Waals surface area contributed by atoms with Gasteiger partial charge in [0.2, 0.25) is 0 Å². The Morgan fingerprint density at radius 1 is 1.19 bits per heavy atom. The molecule has 0 aliphatic carbocycles. The predicted molar refractivity (Wildman–Crippen MR) is 86.2 cm³/mol. The minimum atomic E-state index is 0.253. The van der Waals surface area contributed by atoms with Crippen molar-refractivity contribution in [3.8, 4) is 0 Å². The number of nitrogens with two attached hydrogens (primary N) is 1. The molecule has 21 heavy (non-hydrogen) atoms. The van der Waals surface area contributed by atoms with E-state index in [4.69, 9.17) is 5.73 Å². The van der Waals surface area contributed by atoms with Gasteiger partial charge in [0.05, 0.1) is 12.2 Å². The molecule has 0 bridgehead atoms. The average Bonchev–Trinajstić information content (AvgIpc) is 2.44. The Bertz CT molecular complexity index is 609. The van der Waals surface area contributed by atoms with Gasteiger partial charge in [0.15, 0.2) is 0 Å². The minimum Gasteiger partial charge on any atom is -0.384 e. The van der Waals surface area contributed by atoms with Crippen LogP contribution in [0.25, 0.3) is 0 Å². The molecule has 0 amide bonds. The van der Waals surface area contributed by atoms with Gasteiger partial charge in [-0.25, -0.2) is 9.97 Å². The van der Waals surface area contributed by atoms with Crippen LogP contribution in [-0.4, -0.2) is 21.5 Å². The highest BCUT2D eigenvalue weighted by molar-refractivity contribution is 5.47. The number of hydrogen-bond acceptors (Lipinski definition) is 5. The van der Waals surface area contributed by atoms with Crippen LogP contribution >= 0.6 is 0 Å². The summed E-state index contributed by atoms with van der Waals surface area (Å²) >= 11 is 0. The Labute approximate surface area is 126 Å². The number of rotatable bonds is 5. The zero-order valence-corrected chi connectivity index (χ0v) is 13.2. The third-order valence-corrected chi connectivity index (χ3v) is 3.27. The van der Waals surface area contributed by atoms with Gasteiger partial charge in [0.1, 0.15) is 17.5 Å². The Morgan fingerprint density at radius 2 is 1.95 bits per heavy atom. The van der Waals surface area contributed by atoms with Gasteiger partial charge in [-0.05, 0) is 26.0 Å². The topological polar surface area (TPSA) is 67.9 Å². The molecule has 2 N–H and O–H groups in total. The molecule has 0 aliphatic heterocycles. The van der Waals surface area contributed by atoms with Crippen LogP contribution in [-0.2, 0) is 6.54 Å². The van der Waals surface area contributed by atoms with Crippen molar-refractivity contribution in [1.82, 2.24) is 15.0 Å². The van der Waals surface area contributed by atoms with Crippen molar-refractivity contribution in [2.45, 2.75) is 40.2 Å².